The molecule has 130 valence electrons. The van der Waals surface area contributed by atoms with Gasteiger partial charge in [0.1, 0.15) is 0 Å². The summed E-state index contributed by atoms with van der Waals surface area (Å²) in [5.74, 6) is 1.20. The summed E-state index contributed by atoms with van der Waals surface area (Å²) >= 11 is 0. The number of amides is 2. The van der Waals surface area contributed by atoms with Crippen molar-refractivity contribution in [3.05, 3.63) is 42.5 Å². The van der Waals surface area contributed by atoms with Crippen LogP contribution in [0.3, 0.4) is 0 Å². The summed E-state index contributed by atoms with van der Waals surface area (Å²) in [6, 6.07) is 12.5. The van der Waals surface area contributed by atoms with Crippen molar-refractivity contribution in [1.82, 2.24) is 0 Å². The lowest BCUT2D eigenvalue weighted by molar-refractivity contribution is -0.116. The average molecular weight is 341 g/mol. The molecule has 1 aliphatic heterocycles. The van der Waals surface area contributed by atoms with E-state index in [2.05, 4.69) is 16.0 Å². The molecule has 0 saturated carbocycles. The Balaban J connectivity index is 1.44. The summed E-state index contributed by atoms with van der Waals surface area (Å²) in [7, 11) is 0. The molecular formula is C18H19N3O4. The Labute approximate surface area is 145 Å². The van der Waals surface area contributed by atoms with Crippen molar-refractivity contribution in [2.45, 2.75) is 13.3 Å². The van der Waals surface area contributed by atoms with E-state index in [-0.39, 0.29) is 18.6 Å². The fourth-order valence-corrected chi connectivity index (χ4v) is 2.39. The van der Waals surface area contributed by atoms with E-state index in [4.69, 9.17) is 9.47 Å². The fourth-order valence-electron chi connectivity index (χ4n) is 2.39. The second-order valence-electron chi connectivity index (χ2n) is 5.55. The Kier molecular flexibility index (Phi) is 5.03. The molecule has 0 spiro atoms. The summed E-state index contributed by atoms with van der Waals surface area (Å²) < 4.78 is 10.6. The van der Waals surface area contributed by atoms with Crippen LogP contribution in [0.15, 0.2) is 42.5 Å². The van der Waals surface area contributed by atoms with Crippen LogP contribution in [0.1, 0.15) is 13.3 Å². The summed E-state index contributed by atoms with van der Waals surface area (Å²) in [5, 5.41) is 8.67. The van der Waals surface area contributed by atoms with Crippen molar-refractivity contribution < 1.29 is 19.1 Å². The molecule has 0 aromatic heterocycles. The van der Waals surface area contributed by atoms with Crippen LogP contribution in [-0.4, -0.2) is 25.2 Å². The number of hydrogen-bond acceptors (Lipinski definition) is 5. The molecular weight excluding hydrogens is 322 g/mol. The van der Waals surface area contributed by atoms with E-state index in [0.717, 1.165) is 11.4 Å². The maximum atomic E-state index is 12.0. The van der Waals surface area contributed by atoms with Gasteiger partial charge in [-0.05, 0) is 36.4 Å². The SMILES string of the molecule is CC(=O)Nc1ccc(NC(=O)CCNc2ccc3c(c2)OCO3)cc1. The van der Waals surface area contributed by atoms with Crippen molar-refractivity contribution in [1.29, 1.82) is 0 Å². The van der Waals surface area contributed by atoms with Crippen LogP contribution in [0.4, 0.5) is 17.1 Å². The van der Waals surface area contributed by atoms with E-state index in [9.17, 15) is 9.59 Å². The summed E-state index contributed by atoms with van der Waals surface area (Å²) in [6.45, 7) is 2.18. The molecule has 2 aromatic carbocycles. The zero-order valence-electron chi connectivity index (χ0n) is 13.8. The lowest BCUT2D eigenvalue weighted by Gasteiger charge is -2.09. The van der Waals surface area contributed by atoms with Gasteiger partial charge in [-0.2, -0.15) is 0 Å². The first-order chi connectivity index (χ1) is 12.1. The summed E-state index contributed by atoms with van der Waals surface area (Å²) in [6.07, 6.45) is 0.321. The third-order valence-electron chi connectivity index (χ3n) is 3.54. The molecule has 2 aromatic rings. The summed E-state index contributed by atoms with van der Waals surface area (Å²) in [5.41, 5.74) is 2.24. The maximum Gasteiger partial charge on any atom is 0.231 e. The minimum atomic E-state index is -0.133. The molecule has 0 saturated heterocycles. The first-order valence-corrected chi connectivity index (χ1v) is 7.91. The molecule has 3 rings (SSSR count). The van der Waals surface area contributed by atoms with Gasteiger partial charge in [-0.3, -0.25) is 9.59 Å². The number of anilines is 3. The van der Waals surface area contributed by atoms with Crippen molar-refractivity contribution in [3.63, 3.8) is 0 Å². The van der Waals surface area contributed by atoms with E-state index in [0.29, 0.717) is 30.1 Å². The van der Waals surface area contributed by atoms with E-state index in [1.165, 1.54) is 6.92 Å². The van der Waals surface area contributed by atoms with Gasteiger partial charge in [0, 0.05) is 43.0 Å². The normalized spacial score (nSPS) is 11.7. The number of carbonyl (C=O) groups excluding carboxylic acids is 2. The molecule has 3 N–H and O–H groups in total. The number of carbonyl (C=O) groups is 2. The van der Waals surface area contributed by atoms with Gasteiger partial charge in [0.2, 0.25) is 18.6 Å². The molecule has 7 heteroatoms. The highest BCUT2D eigenvalue weighted by atomic mass is 16.7. The van der Waals surface area contributed by atoms with E-state index in [1.807, 2.05) is 18.2 Å². The van der Waals surface area contributed by atoms with Gasteiger partial charge in [-0.15, -0.1) is 0 Å². The van der Waals surface area contributed by atoms with Crippen LogP contribution in [-0.2, 0) is 9.59 Å². The first kappa shape index (κ1) is 16.6. The minimum Gasteiger partial charge on any atom is -0.454 e. The number of hydrogen-bond donors (Lipinski definition) is 3. The Morgan fingerprint density at radius 1 is 0.920 bits per heavy atom. The largest absolute Gasteiger partial charge is 0.454 e. The van der Waals surface area contributed by atoms with Crippen LogP contribution in [0.2, 0.25) is 0 Å². The van der Waals surface area contributed by atoms with Gasteiger partial charge in [0.15, 0.2) is 11.5 Å². The smallest absolute Gasteiger partial charge is 0.231 e. The number of nitrogens with one attached hydrogen (secondary N) is 3. The van der Waals surface area contributed by atoms with Gasteiger partial charge in [-0.25, -0.2) is 0 Å². The van der Waals surface area contributed by atoms with Crippen LogP contribution < -0.4 is 25.4 Å². The van der Waals surface area contributed by atoms with Gasteiger partial charge in [0.05, 0.1) is 0 Å². The molecule has 1 heterocycles. The Morgan fingerprint density at radius 2 is 1.56 bits per heavy atom. The molecule has 0 aliphatic carbocycles. The van der Waals surface area contributed by atoms with Gasteiger partial charge in [0.25, 0.3) is 0 Å². The number of rotatable bonds is 6. The highest BCUT2D eigenvalue weighted by molar-refractivity contribution is 5.92. The number of benzene rings is 2. The third-order valence-corrected chi connectivity index (χ3v) is 3.54. The molecule has 0 atom stereocenters. The van der Waals surface area contributed by atoms with E-state index < -0.39 is 0 Å². The monoisotopic (exact) mass is 341 g/mol. The second kappa shape index (κ2) is 7.57. The first-order valence-electron chi connectivity index (χ1n) is 7.91. The number of ether oxygens (including phenoxy) is 2. The minimum absolute atomic E-state index is 0.0967. The molecule has 0 radical (unpaired) electrons. The highest BCUT2D eigenvalue weighted by Crippen LogP contribution is 2.34. The molecule has 2 amide bonds. The Morgan fingerprint density at radius 3 is 2.28 bits per heavy atom. The topological polar surface area (TPSA) is 88.7 Å². The predicted octanol–water partition coefficient (Wildman–Crippen LogP) is 2.81. The molecule has 25 heavy (non-hydrogen) atoms. The van der Waals surface area contributed by atoms with Gasteiger partial charge >= 0.3 is 0 Å². The Hall–Kier alpha value is -3.22. The lowest BCUT2D eigenvalue weighted by Crippen LogP contribution is -2.16. The summed E-state index contributed by atoms with van der Waals surface area (Å²) in [4.78, 5) is 23.0. The highest BCUT2D eigenvalue weighted by Gasteiger charge is 2.13. The van der Waals surface area contributed by atoms with Gasteiger partial charge < -0.3 is 25.4 Å². The van der Waals surface area contributed by atoms with Gasteiger partial charge in [-0.1, -0.05) is 0 Å². The van der Waals surface area contributed by atoms with Crippen molar-refractivity contribution in [3.8, 4) is 11.5 Å². The fraction of sp³-hybridized carbons (Fsp3) is 0.222. The molecule has 0 bridgehead atoms. The van der Waals surface area contributed by atoms with Crippen LogP contribution in [0, 0.1) is 0 Å². The molecule has 1 aliphatic rings. The maximum absolute atomic E-state index is 12.0. The third kappa shape index (κ3) is 4.63. The van der Waals surface area contributed by atoms with Crippen LogP contribution in [0.5, 0.6) is 11.5 Å². The lowest BCUT2D eigenvalue weighted by atomic mass is 10.2. The zero-order chi connectivity index (χ0) is 17.6. The van der Waals surface area contributed by atoms with Crippen LogP contribution in [0.25, 0.3) is 0 Å². The van der Waals surface area contributed by atoms with Crippen molar-refractivity contribution in [2.24, 2.45) is 0 Å². The van der Waals surface area contributed by atoms with E-state index >= 15 is 0 Å². The Bertz CT molecular complexity index is 774. The molecule has 7 nitrogen and oxygen atoms in total. The van der Waals surface area contributed by atoms with Crippen molar-refractivity contribution in [2.75, 3.05) is 29.3 Å². The average Bonchev–Trinajstić information content (AvgIpc) is 3.04. The van der Waals surface area contributed by atoms with Crippen molar-refractivity contribution >= 4 is 28.9 Å². The van der Waals surface area contributed by atoms with Crippen LogP contribution >= 0.6 is 0 Å². The zero-order valence-corrected chi connectivity index (χ0v) is 13.8. The second-order valence-corrected chi connectivity index (χ2v) is 5.55. The predicted molar refractivity (Wildman–Crippen MR) is 95.0 cm³/mol. The molecule has 0 fully saturated rings. The standard InChI is InChI=1S/C18H19N3O4/c1-12(22)20-13-2-4-14(5-3-13)21-18(23)8-9-19-15-6-7-16-17(10-15)25-11-24-16/h2-7,10,19H,8-9,11H2,1H3,(H,20,22)(H,21,23). The number of fused-ring (bicyclic) bond motifs is 1. The van der Waals surface area contributed by atoms with E-state index in [1.54, 1.807) is 24.3 Å². The quantitative estimate of drug-likeness (QED) is 0.752. The molecule has 0 unspecified atom stereocenters.